The van der Waals surface area contributed by atoms with Gasteiger partial charge in [-0.1, -0.05) is 36.4 Å². The van der Waals surface area contributed by atoms with E-state index < -0.39 is 6.09 Å². The van der Waals surface area contributed by atoms with Gasteiger partial charge in [0.15, 0.2) is 0 Å². The first-order chi connectivity index (χ1) is 18.0. The summed E-state index contributed by atoms with van der Waals surface area (Å²) in [5.41, 5.74) is 7.25. The second kappa shape index (κ2) is 12.1. The van der Waals surface area contributed by atoms with Gasteiger partial charge in [0.25, 0.3) is 5.91 Å². The quantitative estimate of drug-likeness (QED) is 0.397. The molecule has 0 saturated carbocycles. The van der Waals surface area contributed by atoms with Gasteiger partial charge in [0.2, 0.25) is 5.95 Å². The van der Waals surface area contributed by atoms with Crippen LogP contribution in [0, 0.1) is 0 Å². The highest BCUT2D eigenvalue weighted by Crippen LogP contribution is 2.31. The maximum atomic E-state index is 13.5. The van der Waals surface area contributed by atoms with E-state index in [1.165, 1.54) is 0 Å². The third kappa shape index (κ3) is 6.46. The SMILES string of the molecule is CCNc1ncc2c(n1)N(C)CCN(c1cccc(O[C@@H](CCCOC(N)=O)c3ccccc3)c1)C2=O. The second-order valence-electron chi connectivity index (χ2n) is 8.66. The summed E-state index contributed by atoms with van der Waals surface area (Å²) >= 11 is 0. The van der Waals surface area contributed by atoms with E-state index in [9.17, 15) is 9.59 Å². The molecule has 2 amide bonds. The minimum Gasteiger partial charge on any atom is -0.486 e. The van der Waals surface area contributed by atoms with Crippen molar-refractivity contribution in [2.24, 2.45) is 5.73 Å². The van der Waals surface area contributed by atoms with Gasteiger partial charge in [0.05, 0.1) is 6.61 Å². The number of nitrogens with zero attached hydrogens (tertiary/aromatic N) is 4. The number of ether oxygens (including phenoxy) is 2. The molecule has 4 rings (SSSR count). The van der Waals surface area contributed by atoms with Crippen LogP contribution >= 0.6 is 0 Å². The Morgan fingerprint density at radius 2 is 1.97 bits per heavy atom. The summed E-state index contributed by atoms with van der Waals surface area (Å²) in [5.74, 6) is 1.57. The molecule has 3 aromatic rings. The molecule has 1 atom stereocenters. The summed E-state index contributed by atoms with van der Waals surface area (Å²) in [7, 11) is 1.92. The molecule has 0 saturated heterocycles. The Hall–Kier alpha value is -4.34. The van der Waals surface area contributed by atoms with Crippen LogP contribution in [0.15, 0.2) is 60.8 Å². The molecule has 0 aliphatic carbocycles. The van der Waals surface area contributed by atoms with Crippen molar-refractivity contribution in [2.75, 3.05) is 48.4 Å². The van der Waals surface area contributed by atoms with Gasteiger partial charge in [-0.15, -0.1) is 0 Å². The molecule has 2 aromatic carbocycles. The zero-order chi connectivity index (χ0) is 26.2. The zero-order valence-corrected chi connectivity index (χ0v) is 21.1. The molecule has 0 spiro atoms. The lowest BCUT2D eigenvalue weighted by Gasteiger charge is -2.23. The third-order valence-corrected chi connectivity index (χ3v) is 6.03. The molecule has 194 valence electrons. The van der Waals surface area contributed by atoms with Crippen LogP contribution in [-0.4, -0.2) is 55.3 Å². The molecular formula is C27H32N6O4. The van der Waals surface area contributed by atoms with Crippen LogP contribution in [0.5, 0.6) is 5.75 Å². The van der Waals surface area contributed by atoms with Crippen LogP contribution in [0.1, 0.15) is 41.8 Å². The van der Waals surface area contributed by atoms with Crippen molar-refractivity contribution in [1.29, 1.82) is 0 Å². The summed E-state index contributed by atoms with van der Waals surface area (Å²) in [6.07, 6.45) is 1.73. The standard InChI is InChI=1S/C27H32N6O4/c1-3-29-27-30-18-22-24(31-27)32(2)14-15-33(25(22)34)20-11-7-12-21(17-20)37-23(13-8-16-36-26(28)35)19-9-5-4-6-10-19/h4-7,9-12,17-18,23H,3,8,13-16H2,1-2H3,(H2,28,35)(H,29,30,31)/t23-/m0/s1. The van der Waals surface area contributed by atoms with Crippen molar-refractivity contribution >= 4 is 29.5 Å². The molecule has 1 aliphatic heterocycles. The maximum absolute atomic E-state index is 13.5. The summed E-state index contributed by atoms with van der Waals surface area (Å²) in [6.45, 7) is 3.97. The molecular weight excluding hydrogens is 472 g/mol. The number of amides is 2. The van der Waals surface area contributed by atoms with Crippen molar-refractivity contribution in [3.05, 3.63) is 71.9 Å². The number of aromatic nitrogens is 2. The number of likely N-dealkylation sites (N-methyl/N-ethyl adjacent to an activating group) is 1. The zero-order valence-electron chi connectivity index (χ0n) is 21.1. The Morgan fingerprint density at radius 3 is 2.73 bits per heavy atom. The van der Waals surface area contributed by atoms with E-state index in [0.717, 1.165) is 11.3 Å². The molecule has 37 heavy (non-hydrogen) atoms. The molecule has 1 aliphatic rings. The number of fused-ring (bicyclic) bond motifs is 1. The molecule has 10 nitrogen and oxygen atoms in total. The first-order valence-electron chi connectivity index (χ1n) is 12.3. The van der Waals surface area contributed by atoms with E-state index in [1.807, 2.05) is 73.5 Å². The highest BCUT2D eigenvalue weighted by Gasteiger charge is 2.28. The highest BCUT2D eigenvalue weighted by molar-refractivity contribution is 6.09. The van der Waals surface area contributed by atoms with Gasteiger partial charge < -0.3 is 30.3 Å². The van der Waals surface area contributed by atoms with Crippen molar-refractivity contribution < 1.29 is 19.1 Å². The molecule has 1 aromatic heterocycles. The number of benzene rings is 2. The first-order valence-corrected chi connectivity index (χ1v) is 12.3. The smallest absolute Gasteiger partial charge is 0.404 e. The number of nitrogens with one attached hydrogen (secondary N) is 1. The van der Waals surface area contributed by atoms with Gasteiger partial charge >= 0.3 is 6.09 Å². The third-order valence-electron chi connectivity index (χ3n) is 6.03. The lowest BCUT2D eigenvalue weighted by molar-refractivity contribution is 0.0989. The summed E-state index contributed by atoms with van der Waals surface area (Å²) in [4.78, 5) is 37.0. The van der Waals surface area contributed by atoms with E-state index >= 15 is 0 Å². The van der Waals surface area contributed by atoms with Crippen molar-refractivity contribution in [3.8, 4) is 5.75 Å². The number of carbonyl (C=O) groups excluding carboxylic acids is 2. The largest absolute Gasteiger partial charge is 0.486 e. The van der Waals surface area contributed by atoms with Crippen LogP contribution in [0.3, 0.4) is 0 Å². The fourth-order valence-corrected chi connectivity index (χ4v) is 4.20. The summed E-state index contributed by atoms with van der Waals surface area (Å²) in [5, 5.41) is 3.10. The molecule has 2 heterocycles. The normalized spacial score (nSPS) is 13.9. The monoisotopic (exact) mass is 504 g/mol. The predicted molar refractivity (Wildman–Crippen MR) is 142 cm³/mol. The predicted octanol–water partition coefficient (Wildman–Crippen LogP) is 4.00. The highest BCUT2D eigenvalue weighted by atomic mass is 16.5. The van der Waals surface area contributed by atoms with E-state index in [-0.39, 0.29) is 18.6 Å². The Bertz CT molecular complexity index is 1220. The van der Waals surface area contributed by atoms with Gasteiger partial charge in [0.1, 0.15) is 23.2 Å². The topological polar surface area (TPSA) is 123 Å². The molecule has 3 N–H and O–H groups in total. The van der Waals surface area contributed by atoms with E-state index in [4.69, 9.17) is 15.2 Å². The Balaban J connectivity index is 1.55. The lowest BCUT2D eigenvalue weighted by atomic mass is 10.0. The Morgan fingerprint density at radius 1 is 1.16 bits per heavy atom. The van der Waals surface area contributed by atoms with E-state index in [1.54, 1.807) is 11.1 Å². The van der Waals surface area contributed by atoms with Gasteiger partial charge in [-0.05, 0) is 37.5 Å². The van der Waals surface area contributed by atoms with Gasteiger partial charge in [-0.3, -0.25) is 4.79 Å². The van der Waals surface area contributed by atoms with E-state index in [0.29, 0.717) is 55.6 Å². The summed E-state index contributed by atoms with van der Waals surface area (Å²) in [6, 6.07) is 17.3. The van der Waals surface area contributed by atoms with Crippen LogP contribution in [0.2, 0.25) is 0 Å². The number of primary amides is 1. The Kier molecular flexibility index (Phi) is 8.40. The maximum Gasteiger partial charge on any atom is 0.404 e. The van der Waals surface area contributed by atoms with Gasteiger partial charge in [0, 0.05) is 44.6 Å². The molecule has 0 bridgehead atoms. The van der Waals surface area contributed by atoms with Gasteiger partial charge in [-0.2, -0.15) is 4.98 Å². The lowest BCUT2D eigenvalue weighted by Crippen LogP contribution is -2.33. The number of anilines is 3. The first kappa shape index (κ1) is 25.7. The molecule has 10 heteroatoms. The minimum atomic E-state index is -0.789. The minimum absolute atomic E-state index is 0.164. The second-order valence-corrected chi connectivity index (χ2v) is 8.66. The molecule has 0 fully saturated rings. The number of hydrogen-bond acceptors (Lipinski definition) is 8. The fourth-order valence-electron chi connectivity index (χ4n) is 4.20. The van der Waals surface area contributed by atoms with Gasteiger partial charge in [-0.25, -0.2) is 9.78 Å². The van der Waals surface area contributed by atoms with Crippen LogP contribution < -0.4 is 25.6 Å². The number of nitrogens with two attached hydrogens (primary N) is 1. The van der Waals surface area contributed by atoms with Crippen LogP contribution in [-0.2, 0) is 4.74 Å². The number of rotatable bonds is 10. The average molecular weight is 505 g/mol. The van der Waals surface area contributed by atoms with Crippen molar-refractivity contribution in [1.82, 2.24) is 9.97 Å². The van der Waals surface area contributed by atoms with Crippen LogP contribution in [0.25, 0.3) is 0 Å². The van der Waals surface area contributed by atoms with E-state index in [2.05, 4.69) is 15.3 Å². The fraction of sp³-hybridized carbons (Fsp3) is 0.333. The molecule has 0 unspecified atom stereocenters. The average Bonchev–Trinajstić information content (AvgIpc) is 3.02. The Labute approximate surface area is 216 Å². The number of hydrogen-bond donors (Lipinski definition) is 2. The van der Waals surface area contributed by atoms with Crippen LogP contribution in [0.4, 0.5) is 22.2 Å². The van der Waals surface area contributed by atoms with Crippen molar-refractivity contribution in [2.45, 2.75) is 25.9 Å². The molecule has 0 radical (unpaired) electrons. The summed E-state index contributed by atoms with van der Waals surface area (Å²) < 4.78 is 11.3. The number of carbonyl (C=O) groups is 2. The van der Waals surface area contributed by atoms with Crippen molar-refractivity contribution in [3.63, 3.8) is 0 Å².